The van der Waals surface area contributed by atoms with Gasteiger partial charge in [-0.1, -0.05) is 30.8 Å². The molecule has 0 spiro atoms. The standard InChI is InChI=1S/C26H34N4O5S/c1-5-21-23(25(32)35-4)24(18-7-6-8-20(15-18)34-3)30-19(17-36-26(30)27-21)16-22(31)29-11-9-28(10-12-29)13-14-33-2/h6-8,15,17,24H,5,9-14,16H2,1-4H3/t24-/m0/s1. The van der Waals surface area contributed by atoms with Crippen LogP contribution in [0, 0.1) is 0 Å². The molecule has 3 aliphatic rings. The Bertz CT molecular complexity index is 1080. The summed E-state index contributed by atoms with van der Waals surface area (Å²) in [4.78, 5) is 37.4. The highest BCUT2D eigenvalue weighted by atomic mass is 32.2. The van der Waals surface area contributed by atoms with E-state index in [-0.39, 0.29) is 12.3 Å². The summed E-state index contributed by atoms with van der Waals surface area (Å²) in [6, 6.07) is 7.20. The van der Waals surface area contributed by atoms with Crippen molar-refractivity contribution in [2.24, 2.45) is 4.99 Å². The molecule has 9 nitrogen and oxygen atoms in total. The molecule has 0 N–H and O–H groups in total. The second-order valence-corrected chi connectivity index (χ2v) is 9.60. The first-order valence-corrected chi connectivity index (χ1v) is 13.1. The van der Waals surface area contributed by atoms with E-state index in [0.717, 1.165) is 36.1 Å². The van der Waals surface area contributed by atoms with Crippen LogP contribution in [0.2, 0.25) is 0 Å². The molecule has 0 aliphatic carbocycles. The molecule has 1 aromatic carbocycles. The Labute approximate surface area is 216 Å². The van der Waals surface area contributed by atoms with Gasteiger partial charge in [-0.3, -0.25) is 9.69 Å². The number of fused-ring (bicyclic) bond motifs is 1. The summed E-state index contributed by atoms with van der Waals surface area (Å²) < 4.78 is 15.8. The Balaban J connectivity index is 1.59. The molecule has 1 atom stereocenters. The maximum Gasteiger partial charge on any atom is 0.338 e. The van der Waals surface area contributed by atoms with Crippen LogP contribution in [0.5, 0.6) is 5.75 Å². The van der Waals surface area contributed by atoms with Gasteiger partial charge in [-0.25, -0.2) is 9.79 Å². The number of amidine groups is 1. The first-order chi connectivity index (χ1) is 17.5. The molecule has 36 heavy (non-hydrogen) atoms. The predicted molar refractivity (Wildman–Crippen MR) is 140 cm³/mol. The molecule has 0 aromatic heterocycles. The van der Waals surface area contributed by atoms with E-state index in [1.807, 2.05) is 46.4 Å². The zero-order valence-electron chi connectivity index (χ0n) is 21.4. The van der Waals surface area contributed by atoms with Gasteiger partial charge < -0.3 is 24.0 Å². The number of benzene rings is 1. The molecule has 0 unspecified atom stereocenters. The smallest absolute Gasteiger partial charge is 0.338 e. The minimum atomic E-state index is -0.463. The van der Waals surface area contributed by atoms with Crippen LogP contribution in [0.3, 0.4) is 0 Å². The number of hydrogen-bond donors (Lipinski definition) is 0. The van der Waals surface area contributed by atoms with E-state index in [1.165, 1.54) is 18.9 Å². The summed E-state index contributed by atoms with van der Waals surface area (Å²) in [6.45, 7) is 6.59. The Morgan fingerprint density at radius 1 is 1.14 bits per heavy atom. The average molecular weight is 515 g/mol. The number of esters is 1. The molecule has 0 saturated carbocycles. The topological polar surface area (TPSA) is 83.9 Å². The van der Waals surface area contributed by atoms with Gasteiger partial charge in [0.1, 0.15) is 5.75 Å². The fourth-order valence-electron chi connectivity index (χ4n) is 4.75. The number of carbonyl (C=O) groups excluding carboxylic acids is 2. The Hall–Kier alpha value is -2.82. The van der Waals surface area contributed by atoms with Crippen molar-refractivity contribution < 1.29 is 23.8 Å². The molecule has 0 radical (unpaired) electrons. The highest BCUT2D eigenvalue weighted by Crippen LogP contribution is 2.46. The summed E-state index contributed by atoms with van der Waals surface area (Å²) in [5, 5.41) is 2.74. The molecule has 4 rings (SSSR count). The highest BCUT2D eigenvalue weighted by molar-refractivity contribution is 8.16. The fourth-order valence-corrected chi connectivity index (χ4v) is 5.68. The molecule has 3 heterocycles. The molecule has 194 valence electrons. The monoisotopic (exact) mass is 514 g/mol. The van der Waals surface area contributed by atoms with Crippen LogP contribution in [0.25, 0.3) is 0 Å². The maximum atomic E-state index is 13.3. The van der Waals surface area contributed by atoms with Gasteiger partial charge in [0.2, 0.25) is 5.91 Å². The summed E-state index contributed by atoms with van der Waals surface area (Å²) >= 11 is 1.48. The van der Waals surface area contributed by atoms with Gasteiger partial charge >= 0.3 is 5.97 Å². The summed E-state index contributed by atoms with van der Waals surface area (Å²) in [6.07, 6.45) is 0.824. The number of allylic oxidation sites excluding steroid dienone is 1. The van der Waals surface area contributed by atoms with E-state index in [9.17, 15) is 9.59 Å². The quantitative estimate of drug-likeness (QED) is 0.465. The lowest BCUT2D eigenvalue weighted by molar-refractivity contribution is -0.136. The normalized spacial score (nSPS) is 20.2. The number of piperazine rings is 1. The molecule has 10 heteroatoms. The van der Waals surface area contributed by atoms with Crippen molar-refractivity contribution in [2.45, 2.75) is 25.8 Å². The van der Waals surface area contributed by atoms with Crippen molar-refractivity contribution in [1.29, 1.82) is 0 Å². The van der Waals surface area contributed by atoms with Crippen molar-refractivity contribution in [1.82, 2.24) is 14.7 Å². The SMILES string of the molecule is CCC1=C(C(=O)OC)[C@H](c2cccc(OC)c2)N2C(CC(=O)N3CCN(CCOC)CC3)=CSC2=N1. The minimum absolute atomic E-state index is 0.0729. The van der Waals surface area contributed by atoms with E-state index < -0.39 is 12.0 Å². The van der Waals surface area contributed by atoms with E-state index in [0.29, 0.717) is 43.1 Å². The molecule has 1 aromatic rings. The van der Waals surface area contributed by atoms with Gasteiger partial charge in [0.25, 0.3) is 0 Å². The third-order valence-electron chi connectivity index (χ3n) is 6.71. The summed E-state index contributed by atoms with van der Waals surface area (Å²) in [7, 11) is 4.70. The number of amides is 1. The number of hydrogen-bond acceptors (Lipinski definition) is 9. The van der Waals surface area contributed by atoms with Gasteiger partial charge in [-0.15, -0.1) is 0 Å². The minimum Gasteiger partial charge on any atom is -0.497 e. The number of thioether (sulfide) groups is 1. The van der Waals surface area contributed by atoms with Crippen LogP contribution in [0.1, 0.15) is 31.4 Å². The number of nitrogens with zero attached hydrogens (tertiary/aromatic N) is 4. The zero-order chi connectivity index (χ0) is 25.7. The molecule has 3 aliphatic heterocycles. The second-order valence-electron chi connectivity index (χ2n) is 8.77. The van der Waals surface area contributed by atoms with Crippen molar-refractivity contribution >= 4 is 28.8 Å². The molecule has 1 saturated heterocycles. The van der Waals surface area contributed by atoms with Crippen molar-refractivity contribution in [3.8, 4) is 5.75 Å². The molecular formula is C26H34N4O5S. The van der Waals surface area contributed by atoms with Crippen LogP contribution in [-0.2, 0) is 19.1 Å². The Morgan fingerprint density at radius 3 is 2.58 bits per heavy atom. The number of methoxy groups -OCH3 is 3. The van der Waals surface area contributed by atoms with Gasteiger partial charge in [-0.05, 0) is 29.5 Å². The molecular weight excluding hydrogens is 480 g/mol. The number of rotatable bonds is 9. The van der Waals surface area contributed by atoms with E-state index in [4.69, 9.17) is 19.2 Å². The van der Waals surface area contributed by atoms with E-state index >= 15 is 0 Å². The summed E-state index contributed by atoms with van der Waals surface area (Å²) in [5.74, 6) is 0.347. The first kappa shape index (κ1) is 26.2. The lowest BCUT2D eigenvalue weighted by Crippen LogP contribution is -2.49. The van der Waals surface area contributed by atoms with Crippen molar-refractivity contribution in [2.75, 3.05) is 60.7 Å². The molecule has 1 amide bonds. The molecule has 1 fully saturated rings. The van der Waals surface area contributed by atoms with Crippen LogP contribution < -0.4 is 4.74 Å². The lowest BCUT2D eigenvalue weighted by Gasteiger charge is -2.38. The van der Waals surface area contributed by atoms with Crippen LogP contribution in [0.4, 0.5) is 0 Å². The van der Waals surface area contributed by atoms with Crippen LogP contribution in [0.15, 0.2) is 51.6 Å². The van der Waals surface area contributed by atoms with Gasteiger partial charge in [0, 0.05) is 45.5 Å². The number of ether oxygens (including phenoxy) is 3. The number of aliphatic imine (C=N–C) groups is 1. The Kier molecular flexibility index (Phi) is 8.71. The van der Waals surface area contributed by atoms with Gasteiger partial charge in [0.05, 0.1) is 44.6 Å². The number of carbonyl (C=O) groups is 2. The van der Waals surface area contributed by atoms with Gasteiger partial charge in [0.15, 0.2) is 5.17 Å². The van der Waals surface area contributed by atoms with Gasteiger partial charge in [-0.2, -0.15) is 0 Å². The highest BCUT2D eigenvalue weighted by Gasteiger charge is 2.42. The van der Waals surface area contributed by atoms with E-state index in [1.54, 1.807) is 14.2 Å². The van der Waals surface area contributed by atoms with Crippen molar-refractivity contribution in [3.05, 3.63) is 52.2 Å². The second kappa shape index (κ2) is 11.9. The lowest BCUT2D eigenvalue weighted by atomic mass is 9.92. The average Bonchev–Trinajstić information content (AvgIpc) is 3.32. The third kappa shape index (κ3) is 5.45. The largest absolute Gasteiger partial charge is 0.497 e. The zero-order valence-corrected chi connectivity index (χ0v) is 22.2. The van der Waals surface area contributed by atoms with Crippen molar-refractivity contribution in [3.63, 3.8) is 0 Å². The fraction of sp³-hybridized carbons (Fsp3) is 0.500. The van der Waals surface area contributed by atoms with Crippen LogP contribution in [-0.4, -0.2) is 92.4 Å². The van der Waals surface area contributed by atoms with Crippen LogP contribution >= 0.6 is 11.8 Å². The maximum absolute atomic E-state index is 13.3. The predicted octanol–water partition coefficient (Wildman–Crippen LogP) is 3.01. The first-order valence-electron chi connectivity index (χ1n) is 12.2. The van der Waals surface area contributed by atoms with E-state index in [2.05, 4.69) is 4.90 Å². The third-order valence-corrected chi connectivity index (χ3v) is 7.60. The molecule has 0 bridgehead atoms. The Morgan fingerprint density at radius 2 is 1.92 bits per heavy atom. The summed E-state index contributed by atoms with van der Waals surface area (Å²) in [5.41, 5.74) is 2.89.